The van der Waals surface area contributed by atoms with Crippen LogP contribution in [0.25, 0.3) is 0 Å². The topological polar surface area (TPSA) is 61.1 Å². The van der Waals surface area contributed by atoms with Gasteiger partial charge in [0.05, 0.1) is 6.26 Å². The summed E-state index contributed by atoms with van der Waals surface area (Å²) >= 11 is 1.71. The number of nitrogens with one attached hydrogen (secondary N) is 1. The summed E-state index contributed by atoms with van der Waals surface area (Å²) < 4.78 is 18.2. The summed E-state index contributed by atoms with van der Waals surface area (Å²) in [6.45, 7) is 6.34. The van der Waals surface area contributed by atoms with E-state index in [0.29, 0.717) is 18.8 Å². The third-order valence-corrected chi connectivity index (χ3v) is 5.68. The summed E-state index contributed by atoms with van der Waals surface area (Å²) in [5.74, 6) is 1.94. The van der Waals surface area contributed by atoms with E-state index in [1.807, 2.05) is 4.90 Å². The third-order valence-electron chi connectivity index (χ3n) is 4.58. The molecule has 1 saturated heterocycles. The molecule has 1 fully saturated rings. The Morgan fingerprint density at radius 1 is 1.17 bits per heavy atom. The van der Waals surface area contributed by atoms with Crippen LogP contribution in [0.3, 0.4) is 0 Å². The van der Waals surface area contributed by atoms with Crippen LogP contribution in [0.5, 0.6) is 0 Å². The molecule has 0 bridgehead atoms. The second-order valence-corrected chi connectivity index (χ2v) is 7.82. The van der Waals surface area contributed by atoms with Crippen molar-refractivity contribution in [3.05, 3.63) is 54.2 Å². The first kappa shape index (κ1) is 21.2. The summed E-state index contributed by atoms with van der Waals surface area (Å²) in [4.78, 5) is 22.2. The molecule has 2 aromatic rings. The van der Waals surface area contributed by atoms with Gasteiger partial charge in [-0.15, -0.1) is 11.8 Å². The number of hydrogen-bond acceptors (Lipinski definition) is 4. The van der Waals surface area contributed by atoms with Gasteiger partial charge in [0, 0.05) is 44.2 Å². The van der Waals surface area contributed by atoms with E-state index in [0.717, 1.165) is 49.2 Å². The zero-order chi connectivity index (χ0) is 20.5. The Kier molecular flexibility index (Phi) is 7.98. The van der Waals surface area contributed by atoms with Gasteiger partial charge in [-0.05, 0) is 55.5 Å². The van der Waals surface area contributed by atoms with Crippen molar-refractivity contribution < 1.29 is 13.6 Å². The van der Waals surface area contributed by atoms with Crippen LogP contribution in [0.2, 0.25) is 0 Å². The largest absolute Gasteiger partial charge is 0.459 e. The SMILES string of the molecule is CCNC(=NCCCSc1ccc(F)cc1)N1CCN(C(=O)c2ccco2)CC1. The van der Waals surface area contributed by atoms with E-state index in [-0.39, 0.29) is 11.7 Å². The summed E-state index contributed by atoms with van der Waals surface area (Å²) in [6, 6.07) is 10.0. The van der Waals surface area contributed by atoms with Crippen LogP contribution in [0.15, 0.2) is 57.0 Å². The minimum absolute atomic E-state index is 0.0607. The molecule has 0 atom stereocenters. The molecule has 2 heterocycles. The van der Waals surface area contributed by atoms with Crippen LogP contribution in [0, 0.1) is 5.82 Å². The predicted octanol–water partition coefficient (Wildman–Crippen LogP) is 3.32. The molecule has 1 aliphatic rings. The van der Waals surface area contributed by atoms with Gasteiger partial charge in [-0.1, -0.05) is 0 Å². The highest BCUT2D eigenvalue weighted by Gasteiger charge is 2.25. The fraction of sp³-hybridized carbons (Fsp3) is 0.429. The Labute approximate surface area is 175 Å². The maximum absolute atomic E-state index is 12.9. The number of nitrogens with zero attached hydrogens (tertiary/aromatic N) is 3. The molecule has 29 heavy (non-hydrogen) atoms. The van der Waals surface area contributed by atoms with Crippen LogP contribution < -0.4 is 5.32 Å². The van der Waals surface area contributed by atoms with Gasteiger partial charge in [0.15, 0.2) is 11.7 Å². The van der Waals surface area contributed by atoms with Crippen LogP contribution >= 0.6 is 11.8 Å². The van der Waals surface area contributed by atoms with Gasteiger partial charge >= 0.3 is 0 Å². The maximum atomic E-state index is 12.9. The van der Waals surface area contributed by atoms with Crippen molar-refractivity contribution in [3.63, 3.8) is 0 Å². The normalized spacial score (nSPS) is 14.9. The first-order valence-corrected chi connectivity index (χ1v) is 10.9. The summed E-state index contributed by atoms with van der Waals surface area (Å²) in [6.07, 6.45) is 2.46. The molecule has 3 rings (SSSR count). The number of thioether (sulfide) groups is 1. The maximum Gasteiger partial charge on any atom is 0.289 e. The molecular formula is C21H27FN4O2S. The molecular weight excluding hydrogens is 391 g/mol. The number of benzene rings is 1. The Morgan fingerprint density at radius 3 is 2.55 bits per heavy atom. The number of carbonyl (C=O) groups is 1. The lowest BCUT2D eigenvalue weighted by molar-refractivity contribution is 0.0657. The van der Waals surface area contributed by atoms with Gasteiger partial charge in [-0.3, -0.25) is 9.79 Å². The van der Waals surface area contributed by atoms with Gasteiger partial charge in [-0.2, -0.15) is 0 Å². The van der Waals surface area contributed by atoms with Crippen molar-refractivity contribution in [1.82, 2.24) is 15.1 Å². The molecule has 0 saturated carbocycles. The monoisotopic (exact) mass is 418 g/mol. The average Bonchev–Trinajstić information content (AvgIpc) is 3.29. The van der Waals surface area contributed by atoms with Crippen LogP contribution in [0.1, 0.15) is 23.9 Å². The van der Waals surface area contributed by atoms with E-state index in [4.69, 9.17) is 9.41 Å². The molecule has 6 nitrogen and oxygen atoms in total. The number of piperazine rings is 1. The van der Waals surface area contributed by atoms with Gasteiger partial charge in [-0.25, -0.2) is 4.39 Å². The second-order valence-electron chi connectivity index (χ2n) is 6.65. The first-order chi connectivity index (χ1) is 14.2. The number of furan rings is 1. The molecule has 1 aliphatic heterocycles. The van der Waals surface area contributed by atoms with Crippen LogP contribution in [0.4, 0.5) is 4.39 Å². The highest BCUT2D eigenvalue weighted by molar-refractivity contribution is 7.99. The van der Waals surface area contributed by atoms with Crippen molar-refractivity contribution >= 4 is 23.6 Å². The molecule has 0 aliphatic carbocycles. The summed E-state index contributed by atoms with van der Waals surface area (Å²) in [5.41, 5.74) is 0. The number of aliphatic imine (C=N–C) groups is 1. The van der Waals surface area contributed by atoms with Crippen molar-refractivity contribution in [3.8, 4) is 0 Å². The number of rotatable bonds is 7. The summed E-state index contributed by atoms with van der Waals surface area (Å²) in [5, 5.41) is 3.34. The zero-order valence-electron chi connectivity index (χ0n) is 16.6. The molecule has 1 amide bonds. The zero-order valence-corrected chi connectivity index (χ0v) is 17.5. The fourth-order valence-corrected chi connectivity index (χ4v) is 3.91. The number of guanidine groups is 1. The quantitative estimate of drug-likeness (QED) is 0.324. The van der Waals surface area contributed by atoms with E-state index in [1.54, 1.807) is 36.0 Å². The van der Waals surface area contributed by atoms with Crippen molar-refractivity contribution in [1.29, 1.82) is 0 Å². The highest BCUT2D eigenvalue weighted by Crippen LogP contribution is 2.18. The third kappa shape index (κ3) is 6.25. The Bertz CT molecular complexity index is 788. The van der Waals surface area contributed by atoms with E-state index in [1.165, 1.54) is 18.4 Å². The molecule has 0 spiro atoms. The lowest BCUT2D eigenvalue weighted by Gasteiger charge is -2.36. The molecule has 1 aromatic heterocycles. The highest BCUT2D eigenvalue weighted by atomic mass is 32.2. The van der Waals surface area contributed by atoms with E-state index < -0.39 is 0 Å². The van der Waals surface area contributed by atoms with Gasteiger partial charge in [0.1, 0.15) is 5.82 Å². The minimum Gasteiger partial charge on any atom is -0.459 e. The Hall–Kier alpha value is -2.48. The lowest BCUT2D eigenvalue weighted by atomic mass is 10.3. The molecule has 0 radical (unpaired) electrons. The standard InChI is InChI=1S/C21H27FN4O2S/c1-2-23-21(24-10-4-16-29-18-8-6-17(22)7-9-18)26-13-11-25(12-14-26)20(27)19-5-3-15-28-19/h3,5-9,15H,2,4,10-14,16H2,1H3,(H,23,24). The van der Waals surface area contributed by atoms with E-state index >= 15 is 0 Å². The molecule has 156 valence electrons. The van der Waals surface area contributed by atoms with E-state index in [9.17, 15) is 9.18 Å². The Morgan fingerprint density at radius 2 is 1.90 bits per heavy atom. The van der Waals surface area contributed by atoms with Gasteiger partial charge in [0.25, 0.3) is 5.91 Å². The van der Waals surface area contributed by atoms with Crippen molar-refractivity contribution in [2.45, 2.75) is 18.2 Å². The van der Waals surface area contributed by atoms with Gasteiger partial charge in [0.2, 0.25) is 0 Å². The average molecular weight is 419 g/mol. The molecule has 1 aromatic carbocycles. The number of amides is 1. The van der Waals surface area contributed by atoms with Crippen LogP contribution in [-0.4, -0.2) is 66.7 Å². The van der Waals surface area contributed by atoms with Crippen molar-refractivity contribution in [2.75, 3.05) is 45.0 Å². The predicted molar refractivity (Wildman–Crippen MR) is 114 cm³/mol. The molecule has 8 heteroatoms. The smallest absolute Gasteiger partial charge is 0.289 e. The molecule has 0 unspecified atom stereocenters. The number of carbonyl (C=O) groups excluding carboxylic acids is 1. The summed E-state index contributed by atoms with van der Waals surface area (Å²) in [7, 11) is 0. The first-order valence-electron chi connectivity index (χ1n) is 9.92. The second kappa shape index (κ2) is 10.9. The minimum atomic E-state index is -0.208. The van der Waals surface area contributed by atoms with Gasteiger partial charge < -0.3 is 19.5 Å². The van der Waals surface area contributed by atoms with Crippen molar-refractivity contribution in [2.24, 2.45) is 4.99 Å². The Balaban J connectivity index is 1.44. The van der Waals surface area contributed by atoms with E-state index in [2.05, 4.69) is 17.1 Å². The van der Waals surface area contributed by atoms with Crippen LogP contribution in [-0.2, 0) is 0 Å². The lowest BCUT2D eigenvalue weighted by Crippen LogP contribution is -2.53. The molecule has 1 N–H and O–H groups in total. The number of halogens is 1. The fourth-order valence-electron chi connectivity index (χ4n) is 3.07. The number of hydrogen-bond donors (Lipinski definition) is 1.